The van der Waals surface area contributed by atoms with E-state index < -0.39 is 5.97 Å². The third-order valence-electron chi connectivity index (χ3n) is 4.50. The number of Topliss-reactive ketones (excluding diaryl/α,β-unsaturated/α-hetero) is 2. The van der Waals surface area contributed by atoms with Crippen LogP contribution in [-0.4, -0.2) is 29.1 Å². The molecule has 0 spiro atoms. The highest BCUT2D eigenvalue weighted by molar-refractivity contribution is 6.08. The van der Waals surface area contributed by atoms with Gasteiger partial charge in [-0.2, -0.15) is 0 Å². The van der Waals surface area contributed by atoms with Crippen molar-refractivity contribution in [3.05, 3.63) is 70.9 Å². The van der Waals surface area contributed by atoms with Crippen molar-refractivity contribution in [1.29, 1.82) is 0 Å². The van der Waals surface area contributed by atoms with Crippen LogP contribution in [0.3, 0.4) is 0 Å². The van der Waals surface area contributed by atoms with E-state index >= 15 is 0 Å². The van der Waals surface area contributed by atoms with Gasteiger partial charge in [-0.1, -0.05) is 35.9 Å². The van der Waals surface area contributed by atoms with Crippen LogP contribution >= 0.6 is 0 Å². The quantitative estimate of drug-likeness (QED) is 0.505. The van der Waals surface area contributed by atoms with Gasteiger partial charge in [-0.3, -0.25) is 14.4 Å². The molecule has 5 heteroatoms. The Morgan fingerprint density at radius 1 is 0.926 bits per heavy atom. The Hall–Kier alpha value is -3.21. The number of ketones is 2. The number of para-hydroxylation sites is 1. The fourth-order valence-corrected chi connectivity index (χ4v) is 2.98. The van der Waals surface area contributed by atoms with E-state index in [4.69, 9.17) is 4.74 Å². The van der Waals surface area contributed by atoms with Crippen LogP contribution in [0.1, 0.15) is 44.7 Å². The lowest BCUT2D eigenvalue weighted by molar-refractivity contribution is -0.142. The third-order valence-corrected chi connectivity index (χ3v) is 4.50. The molecule has 0 amide bonds. The Kier molecular flexibility index (Phi) is 5.50. The molecule has 0 atom stereocenters. The lowest BCUT2D eigenvalue weighted by Crippen LogP contribution is -2.15. The molecule has 0 radical (unpaired) electrons. The van der Waals surface area contributed by atoms with Crippen LogP contribution in [0.15, 0.2) is 48.7 Å². The van der Waals surface area contributed by atoms with Crippen LogP contribution < -0.4 is 0 Å². The van der Waals surface area contributed by atoms with Crippen LogP contribution in [0.2, 0.25) is 0 Å². The van der Waals surface area contributed by atoms with Gasteiger partial charge >= 0.3 is 5.97 Å². The molecule has 0 aliphatic heterocycles. The van der Waals surface area contributed by atoms with E-state index in [2.05, 4.69) is 4.98 Å². The number of aromatic nitrogens is 1. The number of aromatic amines is 1. The van der Waals surface area contributed by atoms with E-state index in [0.717, 1.165) is 22.0 Å². The molecule has 0 fully saturated rings. The largest absolute Gasteiger partial charge is 0.457 e. The summed E-state index contributed by atoms with van der Waals surface area (Å²) in [5, 5.41) is 0.795. The van der Waals surface area contributed by atoms with Gasteiger partial charge in [0, 0.05) is 34.6 Å². The van der Waals surface area contributed by atoms with E-state index in [1.807, 2.05) is 56.3 Å². The number of carbonyl (C=O) groups excluding carboxylic acids is 3. The van der Waals surface area contributed by atoms with E-state index in [-0.39, 0.29) is 31.0 Å². The number of H-pyrrole nitrogens is 1. The highest BCUT2D eigenvalue weighted by Gasteiger charge is 2.16. The van der Waals surface area contributed by atoms with Crippen LogP contribution in [0, 0.1) is 13.8 Å². The third kappa shape index (κ3) is 4.31. The number of esters is 1. The molecular formula is C22H21NO4. The highest BCUT2D eigenvalue weighted by atomic mass is 16.5. The first kappa shape index (κ1) is 18.6. The van der Waals surface area contributed by atoms with Gasteiger partial charge in [0.1, 0.15) is 0 Å². The number of carbonyl (C=O) groups is 3. The van der Waals surface area contributed by atoms with Crippen LogP contribution in [-0.2, 0) is 9.53 Å². The lowest BCUT2D eigenvalue weighted by atomic mass is 9.99. The summed E-state index contributed by atoms with van der Waals surface area (Å²) in [5.41, 5.74) is 3.85. The summed E-state index contributed by atoms with van der Waals surface area (Å²) in [6, 6.07) is 13.1. The summed E-state index contributed by atoms with van der Waals surface area (Å²) in [7, 11) is 0. The minimum atomic E-state index is -0.554. The van der Waals surface area contributed by atoms with Gasteiger partial charge < -0.3 is 9.72 Å². The van der Waals surface area contributed by atoms with Gasteiger partial charge in [0.2, 0.25) is 5.78 Å². The van der Waals surface area contributed by atoms with Crippen LogP contribution in [0.25, 0.3) is 10.9 Å². The summed E-state index contributed by atoms with van der Waals surface area (Å²) >= 11 is 0. The average Bonchev–Trinajstić information content (AvgIpc) is 3.10. The van der Waals surface area contributed by atoms with Crippen LogP contribution in [0.5, 0.6) is 0 Å². The first-order chi connectivity index (χ1) is 13.0. The minimum absolute atomic E-state index is 0.0482. The van der Waals surface area contributed by atoms with Crippen molar-refractivity contribution in [2.75, 3.05) is 6.61 Å². The van der Waals surface area contributed by atoms with Crippen molar-refractivity contribution in [2.45, 2.75) is 26.7 Å². The predicted molar refractivity (Wildman–Crippen MR) is 103 cm³/mol. The smallest absolute Gasteiger partial charge is 0.306 e. The summed E-state index contributed by atoms with van der Waals surface area (Å²) in [5.74, 6) is -0.931. The minimum Gasteiger partial charge on any atom is -0.457 e. The van der Waals surface area contributed by atoms with Crippen molar-refractivity contribution in [2.24, 2.45) is 0 Å². The summed E-state index contributed by atoms with van der Waals surface area (Å²) < 4.78 is 5.06. The lowest BCUT2D eigenvalue weighted by Gasteiger charge is -2.07. The van der Waals surface area contributed by atoms with Crippen molar-refractivity contribution in [3.8, 4) is 0 Å². The van der Waals surface area contributed by atoms with Gasteiger partial charge in [-0.05, 0) is 31.5 Å². The Bertz CT molecular complexity index is 1020. The van der Waals surface area contributed by atoms with E-state index in [1.165, 1.54) is 0 Å². The Morgan fingerprint density at radius 2 is 1.70 bits per heavy atom. The maximum absolute atomic E-state index is 12.3. The normalized spacial score (nSPS) is 10.7. The van der Waals surface area contributed by atoms with E-state index in [9.17, 15) is 14.4 Å². The van der Waals surface area contributed by atoms with Gasteiger partial charge in [0.25, 0.3) is 0 Å². The number of benzene rings is 2. The summed E-state index contributed by atoms with van der Waals surface area (Å²) in [4.78, 5) is 39.6. The predicted octanol–water partition coefficient (Wildman–Crippen LogP) is 4.17. The van der Waals surface area contributed by atoms with Crippen molar-refractivity contribution in [1.82, 2.24) is 4.98 Å². The van der Waals surface area contributed by atoms with E-state index in [0.29, 0.717) is 11.1 Å². The molecule has 3 aromatic rings. The molecule has 0 unspecified atom stereocenters. The number of hydrogen-bond donors (Lipinski definition) is 1. The summed E-state index contributed by atoms with van der Waals surface area (Å²) in [6.45, 7) is 3.45. The molecule has 0 bridgehead atoms. The number of rotatable bonds is 7. The Balaban J connectivity index is 1.53. The molecule has 1 heterocycles. The number of ether oxygens (including phenoxy) is 1. The number of nitrogens with one attached hydrogen (secondary N) is 1. The molecule has 0 aliphatic carbocycles. The highest BCUT2D eigenvalue weighted by Crippen LogP contribution is 2.18. The van der Waals surface area contributed by atoms with E-state index in [1.54, 1.807) is 6.20 Å². The molecular weight excluding hydrogens is 342 g/mol. The van der Waals surface area contributed by atoms with Crippen LogP contribution in [0.4, 0.5) is 0 Å². The molecule has 3 rings (SSSR count). The SMILES string of the molecule is Cc1ccc(C)c(C(=O)CCC(=O)OCC(=O)c2c[nH]c3ccccc23)c1. The molecule has 5 nitrogen and oxygen atoms in total. The molecule has 138 valence electrons. The molecule has 1 N–H and O–H groups in total. The molecule has 1 aromatic heterocycles. The zero-order valence-corrected chi connectivity index (χ0v) is 15.4. The standard InChI is InChI=1S/C22H21NO4/c1-14-7-8-15(2)17(11-14)20(24)9-10-22(26)27-13-21(25)18-12-23-19-6-4-3-5-16(18)19/h3-8,11-12,23H,9-10,13H2,1-2H3. The fourth-order valence-electron chi connectivity index (χ4n) is 2.98. The molecule has 27 heavy (non-hydrogen) atoms. The number of hydrogen-bond acceptors (Lipinski definition) is 4. The zero-order chi connectivity index (χ0) is 19.4. The van der Waals surface area contributed by atoms with Gasteiger partial charge in [-0.15, -0.1) is 0 Å². The first-order valence-electron chi connectivity index (χ1n) is 8.81. The second kappa shape index (κ2) is 7.99. The fraction of sp³-hybridized carbons (Fsp3) is 0.227. The van der Waals surface area contributed by atoms with Crippen molar-refractivity contribution in [3.63, 3.8) is 0 Å². The molecule has 0 saturated heterocycles. The summed E-state index contributed by atoms with van der Waals surface area (Å²) in [6.07, 6.45) is 1.63. The Labute approximate surface area is 157 Å². The molecule has 2 aromatic carbocycles. The zero-order valence-electron chi connectivity index (χ0n) is 15.4. The maximum atomic E-state index is 12.3. The maximum Gasteiger partial charge on any atom is 0.306 e. The number of fused-ring (bicyclic) bond motifs is 1. The van der Waals surface area contributed by atoms with Crippen molar-refractivity contribution < 1.29 is 19.1 Å². The Morgan fingerprint density at radius 3 is 2.52 bits per heavy atom. The van der Waals surface area contributed by atoms with Gasteiger partial charge in [-0.25, -0.2) is 0 Å². The van der Waals surface area contributed by atoms with Gasteiger partial charge in [0.15, 0.2) is 12.4 Å². The average molecular weight is 363 g/mol. The second-order valence-electron chi connectivity index (χ2n) is 6.57. The van der Waals surface area contributed by atoms with Gasteiger partial charge in [0.05, 0.1) is 6.42 Å². The topological polar surface area (TPSA) is 76.2 Å². The molecule has 0 saturated carbocycles. The second-order valence-corrected chi connectivity index (χ2v) is 6.57. The van der Waals surface area contributed by atoms with Crippen molar-refractivity contribution >= 4 is 28.4 Å². The monoisotopic (exact) mass is 363 g/mol. The molecule has 0 aliphatic rings. The number of aryl methyl sites for hydroxylation is 2. The first-order valence-corrected chi connectivity index (χ1v) is 8.81.